The molecule has 1 aliphatic rings. The predicted octanol–water partition coefficient (Wildman–Crippen LogP) is 3.54. The van der Waals surface area contributed by atoms with Crippen LogP contribution < -0.4 is 0 Å². The van der Waals surface area contributed by atoms with Gasteiger partial charge in [-0.2, -0.15) is 0 Å². The number of phenolic OH excluding ortho intramolecular Hbond substituents is 1. The van der Waals surface area contributed by atoms with E-state index in [0.29, 0.717) is 16.5 Å². The second-order valence-electron chi connectivity index (χ2n) is 4.85. The number of hydrogen-bond acceptors (Lipinski definition) is 7. The van der Waals surface area contributed by atoms with Crippen molar-refractivity contribution in [3.8, 4) is 5.75 Å². The number of ketones is 1. The van der Waals surface area contributed by atoms with Gasteiger partial charge in [-0.1, -0.05) is 23.9 Å². The maximum atomic E-state index is 12.3. The van der Waals surface area contributed by atoms with Crippen molar-refractivity contribution in [1.29, 1.82) is 0 Å². The van der Waals surface area contributed by atoms with Gasteiger partial charge in [0.1, 0.15) is 0 Å². The summed E-state index contributed by atoms with van der Waals surface area (Å²) >= 11 is 1.14. The fourth-order valence-corrected chi connectivity index (χ4v) is 3.30. The Balaban J connectivity index is 2.12. The summed E-state index contributed by atoms with van der Waals surface area (Å²) in [6, 6.07) is 8.52. The number of Topliss-reactive ketones (excluding diaryl/α,β-unsaturated/α-hetero) is 1. The Morgan fingerprint density at radius 1 is 1.08 bits per heavy atom. The van der Waals surface area contributed by atoms with Crippen LogP contribution >= 0.6 is 11.8 Å². The van der Waals surface area contributed by atoms with Crippen LogP contribution in [0.25, 0.3) is 6.08 Å². The van der Waals surface area contributed by atoms with Crippen LogP contribution in [0, 0.1) is 20.2 Å². The van der Waals surface area contributed by atoms with Crippen LogP contribution in [0.5, 0.6) is 5.75 Å². The number of carbonyl (C=O) groups is 1. The molecule has 0 aromatic heterocycles. The molecule has 0 atom stereocenters. The molecule has 2 aromatic carbocycles. The summed E-state index contributed by atoms with van der Waals surface area (Å²) in [5.74, 6) is -1.02. The smallest absolute Gasteiger partial charge is 0.318 e. The summed E-state index contributed by atoms with van der Waals surface area (Å²) in [6.45, 7) is 0. The number of allylic oxidation sites excluding steroid dienone is 1. The first-order valence-electron chi connectivity index (χ1n) is 6.57. The fraction of sp³-hybridized carbons (Fsp3) is 0. The number of aromatic hydroxyl groups is 1. The van der Waals surface area contributed by atoms with Crippen molar-refractivity contribution in [2.75, 3.05) is 0 Å². The van der Waals surface area contributed by atoms with E-state index in [1.165, 1.54) is 6.08 Å². The van der Waals surface area contributed by atoms with Crippen molar-refractivity contribution in [3.63, 3.8) is 0 Å². The van der Waals surface area contributed by atoms with Crippen LogP contribution in [-0.4, -0.2) is 20.7 Å². The molecule has 1 aliphatic heterocycles. The molecule has 9 heteroatoms. The van der Waals surface area contributed by atoms with Crippen molar-refractivity contribution in [2.24, 2.45) is 0 Å². The van der Waals surface area contributed by atoms with Crippen molar-refractivity contribution in [2.45, 2.75) is 4.90 Å². The highest BCUT2D eigenvalue weighted by Gasteiger charge is 2.28. The van der Waals surface area contributed by atoms with Gasteiger partial charge >= 0.3 is 5.69 Å². The monoisotopic (exact) mass is 344 g/mol. The maximum Gasteiger partial charge on any atom is 0.318 e. The Labute approximate surface area is 138 Å². The molecule has 0 unspecified atom stereocenters. The fourth-order valence-electron chi connectivity index (χ4n) is 2.26. The Morgan fingerprint density at radius 3 is 2.42 bits per heavy atom. The van der Waals surface area contributed by atoms with E-state index in [2.05, 4.69) is 0 Å². The molecule has 2 aromatic rings. The van der Waals surface area contributed by atoms with E-state index >= 15 is 0 Å². The third-order valence-electron chi connectivity index (χ3n) is 3.37. The lowest BCUT2D eigenvalue weighted by Crippen LogP contribution is -1.97. The van der Waals surface area contributed by atoms with Crippen LogP contribution in [0.3, 0.4) is 0 Å². The molecule has 0 fully saturated rings. The molecule has 1 N–H and O–H groups in total. The minimum Gasteiger partial charge on any atom is -0.502 e. The normalized spacial score (nSPS) is 14.7. The Bertz CT molecular complexity index is 938. The number of thioether (sulfide) groups is 1. The zero-order chi connectivity index (χ0) is 17.4. The zero-order valence-corrected chi connectivity index (χ0v) is 12.6. The van der Waals surface area contributed by atoms with Gasteiger partial charge in [0.2, 0.25) is 11.5 Å². The highest BCUT2D eigenvalue weighted by molar-refractivity contribution is 8.04. The number of phenols is 1. The minimum atomic E-state index is -0.914. The summed E-state index contributed by atoms with van der Waals surface area (Å²) in [5.41, 5.74) is -1.00. The first-order chi connectivity index (χ1) is 11.4. The van der Waals surface area contributed by atoms with E-state index in [1.807, 2.05) is 0 Å². The lowest BCUT2D eigenvalue weighted by atomic mass is 10.1. The van der Waals surface area contributed by atoms with E-state index in [4.69, 9.17) is 0 Å². The van der Waals surface area contributed by atoms with Gasteiger partial charge in [0.25, 0.3) is 5.69 Å². The van der Waals surface area contributed by atoms with Crippen molar-refractivity contribution in [1.82, 2.24) is 0 Å². The van der Waals surface area contributed by atoms with E-state index in [9.17, 15) is 30.1 Å². The summed E-state index contributed by atoms with van der Waals surface area (Å²) in [7, 11) is 0. The van der Waals surface area contributed by atoms with E-state index in [-0.39, 0.29) is 16.3 Å². The molecule has 0 saturated heterocycles. The Hall–Kier alpha value is -3.20. The molecule has 0 aliphatic carbocycles. The average Bonchev–Trinajstić information content (AvgIpc) is 2.85. The average molecular weight is 344 g/mol. The SMILES string of the molecule is O=C1C(=Cc2cc([N+](=O)[O-])cc([N+](=O)[O-])c2O)Sc2ccccc21. The van der Waals surface area contributed by atoms with E-state index in [1.54, 1.807) is 24.3 Å². The molecule has 1 heterocycles. The highest BCUT2D eigenvalue weighted by atomic mass is 32.2. The molecule has 0 bridgehead atoms. The number of benzene rings is 2. The van der Waals surface area contributed by atoms with Gasteiger partial charge in [-0.15, -0.1) is 0 Å². The van der Waals surface area contributed by atoms with Gasteiger partial charge < -0.3 is 5.11 Å². The molecule has 0 amide bonds. The molecule has 120 valence electrons. The molecule has 8 nitrogen and oxygen atoms in total. The lowest BCUT2D eigenvalue weighted by molar-refractivity contribution is -0.394. The van der Waals surface area contributed by atoms with Crippen molar-refractivity contribution in [3.05, 3.63) is 72.7 Å². The third-order valence-corrected chi connectivity index (χ3v) is 4.47. The Kier molecular flexibility index (Phi) is 3.78. The Morgan fingerprint density at radius 2 is 1.79 bits per heavy atom. The number of non-ortho nitro benzene ring substituents is 1. The summed E-state index contributed by atoms with van der Waals surface area (Å²) in [4.78, 5) is 33.4. The van der Waals surface area contributed by atoms with Crippen LogP contribution in [0.2, 0.25) is 0 Å². The summed E-state index contributed by atoms with van der Waals surface area (Å²) in [5, 5.41) is 31.9. The number of hydrogen-bond donors (Lipinski definition) is 1. The summed E-state index contributed by atoms with van der Waals surface area (Å²) < 4.78 is 0. The van der Waals surface area contributed by atoms with Crippen molar-refractivity contribution < 1.29 is 19.7 Å². The van der Waals surface area contributed by atoms with Gasteiger partial charge in [0.15, 0.2) is 0 Å². The van der Waals surface area contributed by atoms with Crippen LogP contribution in [0.4, 0.5) is 11.4 Å². The molecule has 0 saturated carbocycles. The molecule has 3 rings (SSSR count). The van der Waals surface area contributed by atoms with Crippen LogP contribution in [0.1, 0.15) is 15.9 Å². The number of nitro benzene ring substituents is 2. The second kappa shape index (κ2) is 5.78. The maximum absolute atomic E-state index is 12.3. The molecule has 0 spiro atoms. The van der Waals surface area contributed by atoms with Crippen LogP contribution in [-0.2, 0) is 0 Å². The van der Waals surface area contributed by atoms with Crippen molar-refractivity contribution >= 4 is 35.0 Å². The number of nitrogens with zero attached hydrogens (tertiary/aromatic N) is 2. The van der Waals surface area contributed by atoms with Gasteiger partial charge in [-0.05, 0) is 18.2 Å². The first kappa shape index (κ1) is 15.7. The van der Waals surface area contributed by atoms with E-state index in [0.717, 1.165) is 17.8 Å². The highest BCUT2D eigenvalue weighted by Crippen LogP contribution is 2.43. The number of nitro groups is 2. The second-order valence-corrected chi connectivity index (χ2v) is 5.94. The van der Waals surface area contributed by atoms with Gasteiger partial charge in [-0.25, -0.2) is 0 Å². The number of carbonyl (C=O) groups excluding carboxylic acids is 1. The number of fused-ring (bicyclic) bond motifs is 1. The zero-order valence-electron chi connectivity index (χ0n) is 11.8. The van der Waals surface area contributed by atoms with Gasteiger partial charge in [0.05, 0.1) is 20.8 Å². The summed E-state index contributed by atoms with van der Waals surface area (Å²) in [6.07, 6.45) is 1.22. The minimum absolute atomic E-state index is 0.153. The topological polar surface area (TPSA) is 124 Å². The number of rotatable bonds is 3. The largest absolute Gasteiger partial charge is 0.502 e. The van der Waals surface area contributed by atoms with Gasteiger partial charge in [-0.3, -0.25) is 25.0 Å². The third kappa shape index (κ3) is 2.61. The molecule has 24 heavy (non-hydrogen) atoms. The van der Waals surface area contributed by atoms with Gasteiger partial charge in [0, 0.05) is 22.1 Å². The molecular formula is C15H8N2O6S. The molecule has 0 radical (unpaired) electrons. The molecular weight excluding hydrogens is 336 g/mol. The predicted molar refractivity (Wildman–Crippen MR) is 86.0 cm³/mol. The quantitative estimate of drug-likeness (QED) is 0.513. The van der Waals surface area contributed by atoms with E-state index < -0.39 is 27.0 Å². The van der Waals surface area contributed by atoms with Crippen LogP contribution in [0.15, 0.2) is 46.2 Å². The standard InChI is InChI=1S/C15H8N2O6S/c18-14-8(5-9(16(20)21)7-11(14)17(22)23)6-13-15(19)10-3-1-2-4-12(10)24-13/h1-7,18H. The lowest BCUT2D eigenvalue weighted by Gasteiger charge is -2.02. The first-order valence-corrected chi connectivity index (χ1v) is 7.39.